The van der Waals surface area contributed by atoms with Gasteiger partial charge in [-0.05, 0) is 43.0 Å². The van der Waals surface area contributed by atoms with Crippen molar-refractivity contribution in [2.45, 2.75) is 19.4 Å². The maximum absolute atomic E-state index is 6.33. The van der Waals surface area contributed by atoms with Crippen LogP contribution in [0.4, 0.5) is 0 Å². The minimum absolute atomic E-state index is 0.158. The fourth-order valence-corrected chi connectivity index (χ4v) is 3.32. The maximum Gasteiger partial charge on any atom is 0.179 e. The average molecular weight is 311 g/mol. The van der Waals surface area contributed by atoms with Gasteiger partial charge in [0.15, 0.2) is 11.5 Å². The summed E-state index contributed by atoms with van der Waals surface area (Å²) >= 11 is 6.33. The van der Waals surface area contributed by atoms with E-state index in [-0.39, 0.29) is 6.04 Å². The van der Waals surface area contributed by atoms with E-state index in [0.29, 0.717) is 30.5 Å². The lowest BCUT2D eigenvalue weighted by Crippen LogP contribution is -2.32. The third-order valence-electron chi connectivity index (χ3n) is 4.56. The van der Waals surface area contributed by atoms with Crippen molar-refractivity contribution >= 4 is 11.6 Å². The van der Waals surface area contributed by atoms with Crippen LogP contribution in [0.1, 0.15) is 24.9 Å². The molecule has 3 atom stereocenters. The van der Waals surface area contributed by atoms with E-state index in [1.54, 1.807) is 0 Å². The van der Waals surface area contributed by atoms with Crippen LogP contribution in [0.2, 0.25) is 5.02 Å². The molecule has 2 N–H and O–H groups in total. The van der Waals surface area contributed by atoms with Gasteiger partial charge in [-0.2, -0.15) is 0 Å². The lowest BCUT2D eigenvalue weighted by atomic mass is 10.0. The molecule has 3 rings (SSSR count). The van der Waals surface area contributed by atoms with E-state index in [0.717, 1.165) is 29.7 Å². The summed E-state index contributed by atoms with van der Waals surface area (Å²) in [5.74, 6) is 3.03. The zero-order chi connectivity index (χ0) is 15.0. The second kappa shape index (κ2) is 6.03. The predicted octanol–water partition coefficient (Wildman–Crippen LogP) is 2.70. The number of nitrogens with two attached hydrogens (primary N) is 1. The topological polar surface area (TPSA) is 47.7 Å². The zero-order valence-corrected chi connectivity index (χ0v) is 13.4. The lowest BCUT2D eigenvalue weighted by molar-refractivity contribution is 0.170. The monoisotopic (exact) mass is 310 g/mol. The summed E-state index contributed by atoms with van der Waals surface area (Å²) in [5, 5.41) is 0.605. The third kappa shape index (κ3) is 3.12. The number of likely N-dealkylation sites (N-methyl/N-ethyl adjacent to an activating group) is 1. The SMILES string of the molecule is CC1CC1CN(C)C(CN)c1cc(Cl)c2c(c1)OCCO2. The molecule has 116 valence electrons. The molecular formula is C16H23ClN2O2. The molecule has 4 nitrogen and oxygen atoms in total. The van der Waals surface area contributed by atoms with Gasteiger partial charge in [0.1, 0.15) is 13.2 Å². The van der Waals surface area contributed by atoms with Gasteiger partial charge in [-0.15, -0.1) is 0 Å². The Morgan fingerprint density at radius 2 is 2.10 bits per heavy atom. The van der Waals surface area contributed by atoms with Gasteiger partial charge >= 0.3 is 0 Å². The van der Waals surface area contributed by atoms with Gasteiger partial charge in [-0.1, -0.05) is 18.5 Å². The second-order valence-electron chi connectivity index (χ2n) is 6.19. The van der Waals surface area contributed by atoms with Crippen molar-refractivity contribution in [3.63, 3.8) is 0 Å². The van der Waals surface area contributed by atoms with Gasteiger partial charge in [0.2, 0.25) is 0 Å². The zero-order valence-electron chi connectivity index (χ0n) is 12.6. The summed E-state index contributed by atoms with van der Waals surface area (Å²) in [7, 11) is 2.13. The molecule has 5 heteroatoms. The number of hydrogen-bond donors (Lipinski definition) is 1. The number of halogens is 1. The second-order valence-corrected chi connectivity index (χ2v) is 6.60. The molecule has 2 aliphatic rings. The Labute approximate surface area is 131 Å². The molecule has 1 fully saturated rings. The van der Waals surface area contributed by atoms with Crippen LogP contribution < -0.4 is 15.2 Å². The first-order chi connectivity index (χ1) is 10.1. The van der Waals surface area contributed by atoms with E-state index >= 15 is 0 Å². The molecule has 0 aromatic heterocycles. The van der Waals surface area contributed by atoms with E-state index in [9.17, 15) is 0 Å². The van der Waals surface area contributed by atoms with E-state index in [1.807, 2.05) is 12.1 Å². The predicted molar refractivity (Wildman–Crippen MR) is 84.1 cm³/mol. The Balaban J connectivity index is 1.81. The van der Waals surface area contributed by atoms with E-state index in [2.05, 4.69) is 18.9 Å². The summed E-state index contributed by atoms with van der Waals surface area (Å²) in [6.07, 6.45) is 1.32. The van der Waals surface area contributed by atoms with Crippen molar-refractivity contribution in [1.29, 1.82) is 0 Å². The minimum atomic E-state index is 0.158. The Kier molecular flexibility index (Phi) is 4.29. The number of hydrogen-bond acceptors (Lipinski definition) is 4. The first-order valence-corrected chi connectivity index (χ1v) is 7.97. The first-order valence-electron chi connectivity index (χ1n) is 7.59. The van der Waals surface area contributed by atoms with Crippen LogP contribution in [0.15, 0.2) is 12.1 Å². The molecule has 1 aliphatic heterocycles. The highest BCUT2D eigenvalue weighted by Crippen LogP contribution is 2.42. The van der Waals surface area contributed by atoms with Crippen molar-refractivity contribution < 1.29 is 9.47 Å². The van der Waals surface area contributed by atoms with Gasteiger partial charge in [-0.25, -0.2) is 0 Å². The minimum Gasteiger partial charge on any atom is -0.486 e. The first kappa shape index (κ1) is 14.9. The molecule has 21 heavy (non-hydrogen) atoms. The Morgan fingerprint density at radius 1 is 1.38 bits per heavy atom. The standard InChI is InChI=1S/C16H23ClN2O2/c1-10-5-12(10)9-19(2)14(8-18)11-6-13(17)16-15(7-11)20-3-4-21-16/h6-7,10,12,14H,3-5,8-9,18H2,1-2H3. The van der Waals surface area contributed by atoms with Gasteiger partial charge in [0.05, 0.1) is 5.02 Å². The summed E-state index contributed by atoms with van der Waals surface area (Å²) < 4.78 is 11.2. The van der Waals surface area contributed by atoms with Crippen LogP contribution in [-0.2, 0) is 0 Å². The molecule has 1 saturated carbocycles. The Bertz CT molecular complexity index is 523. The fourth-order valence-electron chi connectivity index (χ4n) is 3.04. The van der Waals surface area contributed by atoms with E-state index in [1.165, 1.54) is 6.42 Å². The summed E-state index contributed by atoms with van der Waals surface area (Å²) in [6.45, 7) is 5.06. The highest BCUT2D eigenvalue weighted by molar-refractivity contribution is 6.32. The molecule has 0 spiro atoms. The smallest absolute Gasteiger partial charge is 0.179 e. The van der Waals surface area contributed by atoms with E-state index < -0.39 is 0 Å². The van der Waals surface area contributed by atoms with Crippen LogP contribution >= 0.6 is 11.6 Å². The molecule has 0 amide bonds. The van der Waals surface area contributed by atoms with Crippen LogP contribution in [-0.4, -0.2) is 38.3 Å². The summed E-state index contributed by atoms with van der Waals surface area (Å²) in [6, 6.07) is 4.13. The molecule has 1 aromatic carbocycles. The van der Waals surface area contributed by atoms with Crippen molar-refractivity contribution in [2.24, 2.45) is 17.6 Å². The van der Waals surface area contributed by atoms with Gasteiger partial charge < -0.3 is 15.2 Å². The summed E-state index contributed by atoms with van der Waals surface area (Å²) in [4.78, 5) is 2.33. The average Bonchev–Trinajstić information content (AvgIpc) is 3.15. The largest absolute Gasteiger partial charge is 0.486 e. The molecular weight excluding hydrogens is 288 g/mol. The van der Waals surface area contributed by atoms with Crippen LogP contribution in [0.25, 0.3) is 0 Å². The molecule has 1 heterocycles. The molecule has 1 aliphatic carbocycles. The fraction of sp³-hybridized carbons (Fsp3) is 0.625. The highest BCUT2D eigenvalue weighted by atomic mass is 35.5. The molecule has 0 radical (unpaired) electrons. The van der Waals surface area contributed by atoms with Crippen molar-refractivity contribution in [1.82, 2.24) is 4.90 Å². The van der Waals surface area contributed by atoms with Crippen molar-refractivity contribution in [3.8, 4) is 11.5 Å². The van der Waals surface area contributed by atoms with Crippen molar-refractivity contribution in [2.75, 3.05) is 33.4 Å². The normalized spacial score (nSPS) is 25.0. The lowest BCUT2D eigenvalue weighted by Gasteiger charge is -2.29. The van der Waals surface area contributed by atoms with Crippen molar-refractivity contribution in [3.05, 3.63) is 22.7 Å². The number of rotatable bonds is 5. The molecule has 1 aromatic rings. The van der Waals surface area contributed by atoms with Crippen LogP contribution in [0.5, 0.6) is 11.5 Å². The maximum atomic E-state index is 6.33. The molecule has 0 saturated heterocycles. The number of ether oxygens (including phenoxy) is 2. The number of nitrogens with zero attached hydrogens (tertiary/aromatic N) is 1. The highest BCUT2D eigenvalue weighted by Gasteiger charge is 2.34. The van der Waals surface area contributed by atoms with Gasteiger partial charge in [0.25, 0.3) is 0 Å². The Hall–Kier alpha value is -0.970. The van der Waals surface area contributed by atoms with Crippen LogP contribution in [0, 0.1) is 11.8 Å². The number of benzene rings is 1. The molecule has 3 unspecified atom stereocenters. The third-order valence-corrected chi connectivity index (χ3v) is 4.84. The van der Waals surface area contributed by atoms with Crippen LogP contribution in [0.3, 0.4) is 0 Å². The quantitative estimate of drug-likeness (QED) is 0.908. The Morgan fingerprint density at radius 3 is 2.76 bits per heavy atom. The number of fused-ring (bicyclic) bond motifs is 1. The molecule has 0 bridgehead atoms. The summed E-state index contributed by atoms with van der Waals surface area (Å²) in [5.41, 5.74) is 7.11. The van der Waals surface area contributed by atoms with Gasteiger partial charge in [0, 0.05) is 19.1 Å². The van der Waals surface area contributed by atoms with E-state index in [4.69, 9.17) is 26.8 Å². The van der Waals surface area contributed by atoms with Gasteiger partial charge in [-0.3, -0.25) is 4.90 Å².